The molecule has 21 heavy (non-hydrogen) atoms. The molecule has 0 atom stereocenters. The van der Waals surface area contributed by atoms with Gasteiger partial charge in [-0.05, 0) is 19.9 Å². The van der Waals surface area contributed by atoms with Crippen LogP contribution in [0.4, 0.5) is 11.5 Å². The van der Waals surface area contributed by atoms with Crippen LogP contribution < -0.4 is 10.1 Å². The van der Waals surface area contributed by atoms with E-state index < -0.39 is 10.8 Å². The zero-order valence-corrected chi connectivity index (χ0v) is 11.5. The molecule has 1 aromatic carbocycles. The second kappa shape index (κ2) is 6.04. The number of carbonyl (C=O) groups excluding carboxylic acids is 1. The van der Waals surface area contributed by atoms with Crippen LogP contribution in [0, 0.1) is 24.0 Å². The number of H-pyrrole nitrogens is 1. The molecule has 1 amide bonds. The number of nitrogens with one attached hydrogen (secondary N) is 2. The number of aryl methyl sites for hydroxylation is 1. The Morgan fingerprint density at radius 3 is 2.86 bits per heavy atom. The number of hydrogen-bond acceptors (Lipinski definition) is 5. The number of aromatic nitrogens is 2. The molecule has 110 valence electrons. The van der Waals surface area contributed by atoms with E-state index in [-0.39, 0.29) is 18.0 Å². The summed E-state index contributed by atoms with van der Waals surface area (Å²) in [6, 6.07) is 5.65. The SMILES string of the molecule is Cc1[nH]nc(NC(=O)COc2cccc([N+](=O)[O-])c2)c1C. The Hall–Kier alpha value is -2.90. The van der Waals surface area contributed by atoms with Crippen LogP contribution in [0.15, 0.2) is 24.3 Å². The summed E-state index contributed by atoms with van der Waals surface area (Å²) in [4.78, 5) is 21.8. The van der Waals surface area contributed by atoms with Crippen LogP contribution >= 0.6 is 0 Å². The van der Waals surface area contributed by atoms with E-state index in [0.717, 1.165) is 11.3 Å². The molecule has 2 N–H and O–H groups in total. The third kappa shape index (κ3) is 3.56. The first-order valence-electron chi connectivity index (χ1n) is 6.16. The van der Waals surface area contributed by atoms with E-state index in [1.807, 2.05) is 13.8 Å². The third-order valence-corrected chi connectivity index (χ3v) is 2.91. The minimum Gasteiger partial charge on any atom is -0.484 e. The van der Waals surface area contributed by atoms with Gasteiger partial charge < -0.3 is 10.1 Å². The Morgan fingerprint density at radius 2 is 2.24 bits per heavy atom. The van der Waals surface area contributed by atoms with Gasteiger partial charge in [0.2, 0.25) is 0 Å². The van der Waals surface area contributed by atoms with Crippen molar-refractivity contribution in [2.45, 2.75) is 13.8 Å². The summed E-state index contributed by atoms with van der Waals surface area (Å²) in [7, 11) is 0. The van der Waals surface area contributed by atoms with E-state index in [4.69, 9.17) is 4.74 Å². The first-order chi connectivity index (χ1) is 9.97. The van der Waals surface area contributed by atoms with Gasteiger partial charge >= 0.3 is 0 Å². The summed E-state index contributed by atoms with van der Waals surface area (Å²) < 4.78 is 5.22. The van der Waals surface area contributed by atoms with E-state index in [9.17, 15) is 14.9 Å². The van der Waals surface area contributed by atoms with Gasteiger partial charge in [-0.25, -0.2) is 0 Å². The van der Waals surface area contributed by atoms with Gasteiger partial charge in [0.1, 0.15) is 5.75 Å². The highest BCUT2D eigenvalue weighted by molar-refractivity contribution is 5.91. The fourth-order valence-corrected chi connectivity index (χ4v) is 1.61. The van der Waals surface area contributed by atoms with Gasteiger partial charge in [-0.1, -0.05) is 6.07 Å². The Morgan fingerprint density at radius 1 is 1.48 bits per heavy atom. The van der Waals surface area contributed by atoms with Gasteiger partial charge in [0, 0.05) is 17.3 Å². The molecule has 0 unspecified atom stereocenters. The Kier molecular flexibility index (Phi) is 4.17. The highest BCUT2D eigenvalue weighted by Gasteiger charge is 2.11. The number of nitrogens with zero attached hydrogens (tertiary/aromatic N) is 2. The first-order valence-corrected chi connectivity index (χ1v) is 6.16. The average molecular weight is 290 g/mol. The molecule has 0 saturated carbocycles. The van der Waals surface area contributed by atoms with Crippen LogP contribution in [0.25, 0.3) is 0 Å². The number of nitro benzene ring substituents is 1. The lowest BCUT2D eigenvalue weighted by Gasteiger charge is -2.06. The number of nitro groups is 1. The number of ether oxygens (including phenoxy) is 1. The predicted octanol–water partition coefficient (Wildman–Crippen LogP) is 1.95. The van der Waals surface area contributed by atoms with Gasteiger partial charge in [0.25, 0.3) is 11.6 Å². The standard InChI is InChI=1S/C13H14N4O4/c1-8-9(2)15-16-13(8)14-12(18)7-21-11-5-3-4-10(6-11)17(19)20/h3-6H,7H2,1-2H3,(H2,14,15,16,18). The van der Waals surface area contributed by atoms with Crippen LogP contribution in [-0.4, -0.2) is 27.6 Å². The van der Waals surface area contributed by atoms with Crippen molar-refractivity contribution < 1.29 is 14.5 Å². The van der Waals surface area contributed by atoms with Gasteiger partial charge in [-0.2, -0.15) is 5.10 Å². The van der Waals surface area contributed by atoms with Gasteiger partial charge in [-0.3, -0.25) is 20.0 Å². The molecule has 0 spiro atoms. The van der Waals surface area contributed by atoms with E-state index in [1.165, 1.54) is 18.2 Å². The number of carbonyl (C=O) groups is 1. The summed E-state index contributed by atoms with van der Waals surface area (Å²) in [5, 5.41) is 19.9. The Balaban J connectivity index is 1.94. The number of benzene rings is 1. The Labute approximate surface area is 120 Å². The zero-order chi connectivity index (χ0) is 15.4. The number of anilines is 1. The van der Waals surface area contributed by atoms with Crippen molar-refractivity contribution in [2.24, 2.45) is 0 Å². The molecular formula is C13H14N4O4. The number of rotatable bonds is 5. The molecule has 8 heteroatoms. The summed E-state index contributed by atoms with van der Waals surface area (Å²) in [5.41, 5.74) is 1.62. The molecule has 0 fully saturated rings. The van der Waals surface area contributed by atoms with Gasteiger partial charge in [-0.15, -0.1) is 0 Å². The maximum Gasteiger partial charge on any atom is 0.273 e. The summed E-state index contributed by atoms with van der Waals surface area (Å²) in [6.45, 7) is 3.42. The zero-order valence-electron chi connectivity index (χ0n) is 11.5. The number of aromatic amines is 1. The molecule has 8 nitrogen and oxygen atoms in total. The number of non-ortho nitro benzene ring substituents is 1. The monoisotopic (exact) mass is 290 g/mol. The van der Waals surface area contributed by atoms with Crippen LogP contribution in [0.5, 0.6) is 5.75 Å². The van der Waals surface area contributed by atoms with Crippen LogP contribution in [-0.2, 0) is 4.79 Å². The van der Waals surface area contributed by atoms with E-state index in [2.05, 4.69) is 15.5 Å². The quantitative estimate of drug-likeness (QED) is 0.646. The lowest BCUT2D eigenvalue weighted by atomic mass is 10.3. The molecule has 0 aliphatic rings. The lowest BCUT2D eigenvalue weighted by Crippen LogP contribution is -2.20. The molecule has 0 aliphatic heterocycles. The topological polar surface area (TPSA) is 110 Å². The second-order valence-electron chi connectivity index (χ2n) is 4.41. The smallest absolute Gasteiger partial charge is 0.273 e. The van der Waals surface area contributed by atoms with E-state index in [0.29, 0.717) is 5.82 Å². The van der Waals surface area contributed by atoms with Gasteiger partial charge in [0.05, 0.1) is 11.0 Å². The normalized spacial score (nSPS) is 10.2. The van der Waals surface area contributed by atoms with Gasteiger partial charge in [0.15, 0.2) is 12.4 Å². The van der Waals surface area contributed by atoms with Crippen molar-refractivity contribution in [3.63, 3.8) is 0 Å². The van der Waals surface area contributed by atoms with E-state index in [1.54, 1.807) is 6.07 Å². The largest absolute Gasteiger partial charge is 0.484 e. The predicted molar refractivity (Wildman–Crippen MR) is 75.3 cm³/mol. The fraction of sp³-hybridized carbons (Fsp3) is 0.231. The molecule has 0 saturated heterocycles. The third-order valence-electron chi connectivity index (χ3n) is 2.91. The first kappa shape index (κ1) is 14.5. The highest BCUT2D eigenvalue weighted by Crippen LogP contribution is 2.19. The van der Waals surface area contributed by atoms with Crippen molar-refractivity contribution in [3.8, 4) is 5.75 Å². The molecule has 0 aliphatic carbocycles. The minimum absolute atomic E-state index is 0.0910. The number of amides is 1. The maximum absolute atomic E-state index is 11.7. The van der Waals surface area contributed by atoms with Crippen molar-refractivity contribution in [1.82, 2.24) is 10.2 Å². The summed E-state index contributed by atoms with van der Waals surface area (Å²) >= 11 is 0. The van der Waals surface area contributed by atoms with Crippen LogP contribution in [0.1, 0.15) is 11.3 Å². The van der Waals surface area contributed by atoms with Crippen molar-refractivity contribution in [2.75, 3.05) is 11.9 Å². The van der Waals surface area contributed by atoms with Crippen molar-refractivity contribution in [1.29, 1.82) is 0 Å². The lowest BCUT2D eigenvalue weighted by molar-refractivity contribution is -0.384. The average Bonchev–Trinajstić information content (AvgIpc) is 2.77. The van der Waals surface area contributed by atoms with Crippen molar-refractivity contribution >= 4 is 17.4 Å². The number of hydrogen-bond donors (Lipinski definition) is 2. The molecule has 2 rings (SSSR count). The fourth-order valence-electron chi connectivity index (χ4n) is 1.61. The summed E-state index contributed by atoms with van der Waals surface area (Å²) in [5.74, 6) is 0.311. The molecule has 0 bridgehead atoms. The molecule has 0 radical (unpaired) electrons. The van der Waals surface area contributed by atoms with Crippen molar-refractivity contribution in [3.05, 3.63) is 45.6 Å². The van der Waals surface area contributed by atoms with Crippen LogP contribution in [0.3, 0.4) is 0 Å². The minimum atomic E-state index is -0.525. The maximum atomic E-state index is 11.7. The molecule has 1 heterocycles. The second-order valence-corrected chi connectivity index (χ2v) is 4.41. The molecular weight excluding hydrogens is 276 g/mol. The van der Waals surface area contributed by atoms with Crippen LogP contribution in [0.2, 0.25) is 0 Å². The summed E-state index contributed by atoms with van der Waals surface area (Å²) in [6.07, 6.45) is 0. The molecule has 2 aromatic rings. The molecule has 1 aromatic heterocycles. The Bertz CT molecular complexity index is 681. The highest BCUT2D eigenvalue weighted by atomic mass is 16.6. The van der Waals surface area contributed by atoms with E-state index >= 15 is 0 Å².